The molecule has 0 saturated heterocycles. The quantitative estimate of drug-likeness (QED) is 0.561. The van der Waals surface area contributed by atoms with Gasteiger partial charge < -0.3 is 4.98 Å². The van der Waals surface area contributed by atoms with Gasteiger partial charge in [0.15, 0.2) is 5.65 Å². The predicted molar refractivity (Wildman–Crippen MR) is 72.4 cm³/mol. The molecule has 4 aromatic rings. The number of imidazole rings is 1. The van der Waals surface area contributed by atoms with Crippen LogP contribution in [-0.4, -0.2) is 24.9 Å². The third-order valence-corrected chi connectivity index (χ3v) is 3.03. The van der Waals surface area contributed by atoms with Crippen LogP contribution in [0, 0.1) is 0 Å². The summed E-state index contributed by atoms with van der Waals surface area (Å²) in [6.45, 7) is 0. The lowest BCUT2D eigenvalue weighted by Crippen LogP contribution is -1.84. The molecule has 0 radical (unpaired) electrons. The van der Waals surface area contributed by atoms with Crippen LogP contribution in [-0.2, 0) is 0 Å². The third-order valence-electron chi connectivity index (χ3n) is 3.03. The highest BCUT2D eigenvalue weighted by Crippen LogP contribution is 2.21. The zero-order chi connectivity index (χ0) is 12.7. The Morgan fingerprint density at radius 1 is 1.00 bits per heavy atom. The van der Waals surface area contributed by atoms with Gasteiger partial charge in [0, 0.05) is 17.1 Å². The van der Waals surface area contributed by atoms with Gasteiger partial charge in [-0.05, 0) is 12.1 Å². The van der Waals surface area contributed by atoms with E-state index in [0.29, 0.717) is 5.65 Å². The SMILES string of the molecule is c1ccc2ncc(-c3nc4ncncc4[nH]3)cc2c1. The van der Waals surface area contributed by atoms with E-state index < -0.39 is 0 Å². The van der Waals surface area contributed by atoms with Gasteiger partial charge >= 0.3 is 0 Å². The molecular formula is C14H9N5. The van der Waals surface area contributed by atoms with Crippen molar-refractivity contribution in [3.05, 3.63) is 49.1 Å². The Bertz CT molecular complexity index is 848. The van der Waals surface area contributed by atoms with Crippen LogP contribution in [0.25, 0.3) is 33.5 Å². The first kappa shape index (κ1) is 10.1. The Morgan fingerprint density at radius 3 is 2.89 bits per heavy atom. The summed E-state index contributed by atoms with van der Waals surface area (Å²) >= 11 is 0. The van der Waals surface area contributed by atoms with E-state index in [1.807, 2.05) is 30.5 Å². The average Bonchev–Trinajstić information content (AvgIpc) is 2.90. The van der Waals surface area contributed by atoms with Crippen molar-refractivity contribution in [1.82, 2.24) is 24.9 Å². The van der Waals surface area contributed by atoms with Crippen molar-refractivity contribution < 1.29 is 0 Å². The molecule has 0 saturated carbocycles. The van der Waals surface area contributed by atoms with Gasteiger partial charge in [-0.3, -0.25) is 4.98 Å². The Balaban J connectivity index is 1.93. The number of hydrogen-bond donors (Lipinski definition) is 1. The van der Waals surface area contributed by atoms with Crippen LogP contribution in [0.1, 0.15) is 0 Å². The van der Waals surface area contributed by atoms with E-state index in [0.717, 1.165) is 27.8 Å². The summed E-state index contributed by atoms with van der Waals surface area (Å²) in [7, 11) is 0. The average molecular weight is 247 g/mol. The minimum absolute atomic E-state index is 0.665. The number of aromatic nitrogens is 5. The van der Waals surface area contributed by atoms with Crippen molar-refractivity contribution in [2.75, 3.05) is 0 Å². The smallest absolute Gasteiger partial charge is 0.181 e. The molecule has 0 aliphatic heterocycles. The van der Waals surface area contributed by atoms with E-state index >= 15 is 0 Å². The standard InChI is InChI=1S/C14H9N5/c1-2-4-11-9(3-1)5-10(6-16-11)13-18-12-7-15-8-17-14(12)19-13/h1-8H,(H,15,17,18,19). The monoisotopic (exact) mass is 247 g/mol. The van der Waals surface area contributed by atoms with Crippen LogP contribution in [0.4, 0.5) is 0 Å². The fourth-order valence-electron chi connectivity index (χ4n) is 2.10. The second-order valence-electron chi connectivity index (χ2n) is 4.26. The molecule has 0 fully saturated rings. The van der Waals surface area contributed by atoms with Crippen LogP contribution in [0.2, 0.25) is 0 Å². The van der Waals surface area contributed by atoms with E-state index in [1.165, 1.54) is 6.33 Å². The fourth-order valence-corrected chi connectivity index (χ4v) is 2.10. The lowest BCUT2D eigenvalue weighted by atomic mass is 10.1. The molecule has 90 valence electrons. The number of fused-ring (bicyclic) bond motifs is 2. The lowest BCUT2D eigenvalue weighted by Gasteiger charge is -1.99. The molecule has 0 bridgehead atoms. The highest BCUT2D eigenvalue weighted by atomic mass is 15.0. The molecule has 3 aromatic heterocycles. The number of rotatable bonds is 1. The Labute approximate surface area is 108 Å². The Hall–Kier alpha value is -2.82. The molecule has 5 heteroatoms. The van der Waals surface area contributed by atoms with Crippen molar-refractivity contribution in [1.29, 1.82) is 0 Å². The van der Waals surface area contributed by atoms with Gasteiger partial charge in [-0.15, -0.1) is 0 Å². The van der Waals surface area contributed by atoms with E-state index in [1.54, 1.807) is 6.20 Å². The zero-order valence-corrected chi connectivity index (χ0v) is 9.91. The largest absolute Gasteiger partial charge is 0.335 e. The number of H-pyrrole nitrogens is 1. The van der Waals surface area contributed by atoms with Gasteiger partial charge in [-0.2, -0.15) is 0 Å². The highest BCUT2D eigenvalue weighted by Gasteiger charge is 2.07. The maximum Gasteiger partial charge on any atom is 0.181 e. The first-order valence-electron chi connectivity index (χ1n) is 5.91. The maximum absolute atomic E-state index is 4.44. The number of para-hydroxylation sites is 1. The van der Waals surface area contributed by atoms with E-state index in [9.17, 15) is 0 Å². The molecule has 1 N–H and O–H groups in total. The molecule has 19 heavy (non-hydrogen) atoms. The van der Waals surface area contributed by atoms with E-state index in [4.69, 9.17) is 0 Å². The summed E-state index contributed by atoms with van der Waals surface area (Å²) < 4.78 is 0. The molecule has 4 rings (SSSR count). The van der Waals surface area contributed by atoms with Crippen LogP contribution in [0.15, 0.2) is 49.1 Å². The summed E-state index contributed by atoms with van der Waals surface area (Å²) in [6, 6.07) is 10.1. The number of nitrogens with one attached hydrogen (secondary N) is 1. The van der Waals surface area contributed by atoms with Crippen molar-refractivity contribution >= 4 is 22.1 Å². The molecule has 3 heterocycles. The first-order valence-corrected chi connectivity index (χ1v) is 5.91. The molecule has 0 unspecified atom stereocenters. The second kappa shape index (κ2) is 3.84. The summed E-state index contributed by atoms with van der Waals surface area (Å²) in [5.41, 5.74) is 3.41. The van der Waals surface area contributed by atoms with Crippen molar-refractivity contribution in [3.63, 3.8) is 0 Å². The van der Waals surface area contributed by atoms with Gasteiger partial charge in [0.2, 0.25) is 0 Å². The van der Waals surface area contributed by atoms with Gasteiger partial charge in [0.05, 0.1) is 11.7 Å². The van der Waals surface area contributed by atoms with Crippen molar-refractivity contribution in [3.8, 4) is 11.4 Å². The van der Waals surface area contributed by atoms with E-state index in [-0.39, 0.29) is 0 Å². The molecule has 0 aliphatic rings. The molecule has 0 amide bonds. The van der Waals surface area contributed by atoms with Gasteiger partial charge in [-0.1, -0.05) is 18.2 Å². The third kappa shape index (κ3) is 1.63. The van der Waals surface area contributed by atoms with Gasteiger partial charge in [0.1, 0.15) is 17.7 Å². The fraction of sp³-hybridized carbons (Fsp3) is 0. The molecule has 1 aromatic carbocycles. The van der Waals surface area contributed by atoms with Gasteiger partial charge in [-0.25, -0.2) is 15.0 Å². The normalized spacial score (nSPS) is 11.2. The van der Waals surface area contributed by atoms with Crippen LogP contribution in [0.5, 0.6) is 0 Å². The molecule has 0 atom stereocenters. The summed E-state index contributed by atoms with van der Waals surface area (Å²) in [5, 5.41) is 1.09. The summed E-state index contributed by atoms with van der Waals surface area (Å²) in [6.07, 6.45) is 5.02. The Kier molecular flexibility index (Phi) is 2.05. The summed E-state index contributed by atoms with van der Waals surface area (Å²) in [5.74, 6) is 0.758. The molecule has 0 aliphatic carbocycles. The minimum atomic E-state index is 0.665. The lowest BCUT2D eigenvalue weighted by molar-refractivity contribution is 1.20. The second-order valence-corrected chi connectivity index (χ2v) is 4.26. The number of pyridine rings is 1. The molecular weight excluding hydrogens is 238 g/mol. The summed E-state index contributed by atoms with van der Waals surface area (Å²) in [4.78, 5) is 20.2. The van der Waals surface area contributed by atoms with Crippen LogP contribution in [0.3, 0.4) is 0 Å². The Morgan fingerprint density at radius 2 is 1.95 bits per heavy atom. The van der Waals surface area contributed by atoms with Crippen molar-refractivity contribution in [2.45, 2.75) is 0 Å². The van der Waals surface area contributed by atoms with Crippen molar-refractivity contribution in [2.24, 2.45) is 0 Å². The molecule has 5 nitrogen and oxygen atoms in total. The topological polar surface area (TPSA) is 67.3 Å². The minimum Gasteiger partial charge on any atom is -0.335 e. The maximum atomic E-state index is 4.44. The number of aromatic amines is 1. The van der Waals surface area contributed by atoms with Crippen LogP contribution >= 0.6 is 0 Å². The molecule has 0 spiro atoms. The van der Waals surface area contributed by atoms with Gasteiger partial charge in [0.25, 0.3) is 0 Å². The number of benzene rings is 1. The first-order chi connectivity index (χ1) is 9.40. The van der Waals surface area contributed by atoms with Crippen LogP contribution < -0.4 is 0 Å². The number of hydrogen-bond acceptors (Lipinski definition) is 4. The highest BCUT2D eigenvalue weighted by molar-refractivity contribution is 5.83. The number of nitrogens with zero attached hydrogens (tertiary/aromatic N) is 4. The van der Waals surface area contributed by atoms with E-state index in [2.05, 4.69) is 31.0 Å². The predicted octanol–water partition coefficient (Wildman–Crippen LogP) is 2.57. The zero-order valence-electron chi connectivity index (χ0n) is 9.91.